The minimum absolute atomic E-state index is 0.220. The summed E-state index contributed by atoms with van der Waals surface area (Å²) in [7, 11) is 0. The maximum atomic E-state index is 13.5. The van der Waals surface area contributed by atoms with Gasteiger partial charge in [-0.05, 0) is 25.1 Å². The van der Waals surface area contributed by atoms with E-state index in [0.29, 0.717) is 0 Å². The van der Waals surface area contributed by atoms with Gasteiger partial charge >= 0.3 is 6.18 Å². The fraction of sp³-hybridized carbons (Fsp3) is 0.316. The number of carbonyl (C=O) groups excluding carboxylic acids is 2. The minimum Gasteiger partial charge on any atom is -0.351 e. The van der Waals surface area contributed by atoms with Gasteiger partial charge in [0.1, 0.15) is 10.6 Å². The first-order valence-electron chi connectivity index (χ1n) is 8.87. The predicted octanol–water partition coefficient (Wildman–Crippen LogP) is 3.37. The summed E-state index contributed by atoms with van der Waals surface area (Å²) in [5, 5.41) is 3.23. The van der Waals surface area contributed by atoms with E-state index < -0.39 is 36.5 Å². The molecule has 0 saturated carbocycles. The first-order chi connectivity index (χ1) is 13.7. The van der Waals surface area contributed by atoms with Crippen LogP contribution in [-0.4, -0.2) is 52.0 Å². The zero-order chi connectivity index (χ0) is 20.8. The van der Waals surface area contributed by atoms with Crippen molar-refractivity contribution in [1.29, 1.82) is 0 Å². The second-order valence-corrected chi connectivity index (χ2v) is 7.96. The van der Waals surface area contributed by atoms with Crippen LogP contribution >= 0.6 is 11.3 Å². The highest BCUT2D eigenvalue weighted by Gasteiger charge is 2.51. The number of likely N-dealkylation sites (tertiary alicyclic amines) is 1. The van der Waals surface area contributed by atoms with E-state index in [1.807, 2.05) is 25.1 Å². The zero-order valence-electron chi connectivity index (χ0n) is 15.3. The SMILES string of the molecule is Cc1ccc2[nH]c(C(=O)N3C[C@@H](C(F)(F)F)[C@H](NC(=O)c4cncs4)C3)cc2c1. The number of hydrogen-bond acceptors (Lipinski definition) is 4. The van der Waals surface area contributed by atoms with Crippen molar-refractivity contribution >= 4 is 34.1 Å². The van der Waals surface area contributed by atoms with E-state index in [0.717, 1.165) is 32.7 Å². The second kappa shape index (κ2) is 7.18. The largest absolute Gasteiger partial charge is 0.395 e. The molecule has 6 nitrogen and oxygen atoms in total. The van der Waals surface area contributed by atoms with Gasteiger partial charge in [0.2, 0.25) is 0 Å². The van der Waals surface area contributed by atoms with Crippen LogP contribution in [0.3, 0.4) is 0 Å². The number of amides is 2. The standard InChI is InChI=1S/C19H17F3N4O2S/c1-10-2-3-13-11(4-10)5-14(24-13)18(28)26-7-12(19(20,21)22)15(8-26)25-17(27)16-6-23-9-29-16/h2-6,9,12,15,24H,7-8H2,1H3,(H,25,27)/t12-,15-/m1/s1. The van der Waals surface area contributed by atoms with E-state index >= 15 is 0 Å². The molecule has 4 rings (SSSR count). The van der Waals surface area contributed by atoms with Crippen molar-refractivity contribution in [3.63, 3.8) is 0 Å². The number of nitrogens with one attached hydrogen (secondary N) is 2. The van der Waals surface area contributed by atoms with Crippen molar-refractivity contribution in [3.05, 3.63) is 52.1 Å². The summed E-state index contributed by atoms with van der Waals surface area (Å²) < 4.78 is 40.6. The quantitative estimate of drug-likeness (QED) is 0.680. The van der Waals surface area contributed by atoms with Gasteiger partial charge in [0.25, 0.3) is 11.8 Å². The van der Waals surface area contributed by atoms with Crippen molar-refractivity contribution in [2.75, 3.05) is 13.1 Å². The molecule has 2 N–H and O–H groups in total. The molecule has 152 valence electrons. The number of alkyl halides is 3. The summed E-state index contributed by atoms with van der Waals surface area (Å²) in [6, 6.07) is 6.01. The first-order valence-corrected chi connectivity index (χ1v) is 9.75. The van der Waals surface area contributed by atoms with Gasteiger partial charge in [-0.15, -0.1) is 11.3 Å². The summed E-state index contributed by atoms with van der Waals surface area (Å²) in [4.78, 5) is 33.1. The molecule has 1 saturated heterocycles. The Balaban J connectivity index is 1.55. The Morgan fingerprint density at radius 2 is 2.07 bits per heavy atom. The van der Waals surface area contributed by atoms with Gasteiger partial charge in [-0.2, -0.15) is 13.2 Å². The molecule has 0 radical (unpaired) electrons. The van der Waals surface area contributed by atoms with Crippen LogP contribution in [0.15, 0.2) is 36.0 Å². The van der Waals surface area contributed by atoms with E-state index in [1.165, 1.54) is 11.7 Å². The molecule has 1 aliphatic rings. The number of fused-ring (bicyclic) bond motifs is 1. The van der Waals surface area contributed by atoms with E-state index in [4.69, 9.17) is 0 Å². The van der Waals surface area contributed by atoms with Crippen LogP contribution in [0.2, 0.25) is 0 Å². The minimum atomic E-state index is -4.54. The Bertz CT molecular complexity index is 1060. The third-order valence-corrected chi connectivity index (χ3v) is 5.78. The molecule has 2 amide bonds. The number of thiazole rings is 1. The van der Waals surface area contributed by atoms with E-state index in [-0.39, 0.29) is 17.1 Å². The van der Waals surface area contributed by atoms with Crippen molar-refractivity contribution in [2.24, 2.45) is 5.92 Å². The average molecular weight is 422 g/mol. The van der Waals surface area contributed by atoms with Crippen LogP contribution in [0.5, 0.6) is 0 Å². The monoisotopic (exact) mass is 422 g/mol. The highest BCUT2D eigenvalue weighted by Crippen LogP contribution is 2.35. The topological polar surface area (TPSA) is 78.1 Å². The van der Waals surface area contributed by atoms with Crippen LogP contribution < -0.4 is 5.32 Å². The number of rotatable bonds is 3. The summed E-state index contributed by atoms with van der Waals surface area (Å²) >= 11 is 1.04. The summed E-state index contributed by atoms with van der Waals surface area (Å²) in [6.45, 7) is 1.19. The zero-order valence-corrected chi connectivity index (χ0v) is 16.1. The van der Waals surface area contributed by atoms with Crippen LogP contribution in [0.25, 0.3) is 10.9 Å². The fourth-order valence-corrected chi connectivity index (χ4v) is 4.08. The van der Waals surface area contributed by atoms with Crippen LogP contribution in [0, 0.1) is 12.8 Å². The van der Waals surface area contributed by atoms with E-state index in [2.05, 4.69) is 15.3 Å². The van der Waals surface area contributed by atoms with Crippen molar-refractivity contribution < 1.29 is 22.8 Å². The Morgan fingerprint density at radius 3 is 2.76 bits per heavy atom. The molecular formula is C19H17F3N4O2S. The maximum Gasteiger partial charge on any atom is 0.395 e. The fourth-order valence-electron chi connectivity index (χ4n) is 3.55. The molecule has 2 atom stereocenters. The summed E-state index contributed by atoms with van der Waals surface area (Å²) in [6.07, 6.45) is -3.24. The molecule has 0 unspecified atom stereocenters. The second-order valence-electron chi connectivity index (χ2n) is 7.08. The average Bonchev–Trinajstić information content (AvgIpc) is 3.39. The molecule has 1 aliphatic heterocycles. The van der Waals surface area contributed by atoms with Gasteiger partial charge in [0.15, 0.2) is 0 Å². The lowest BCUT2D eigenvalue weighted by atomic mass is 10.0. The summed E-state index contributed by atoms with van der Waals surface area (Å²) in [5.74, 6) is -2.99. The number of benzene rings is 1. The lowest BCUT2D eigenvalue weighted by Gasteiger charge is -2.21. The van der Waals surface area contributed by atoms with Gasteiger partial charge in [-0.25, -0.2) is 0 Å². The number of aromatic nitrogens is 2. The highest BCUT2D eigenvalue weighted by atomic mass is 32.1. The third kappa shape index (κ3) is 3.84. The van der Waals surface area contributed by atoms with Crippen LogP contribution in [0.4, 0.5) is 13.2 Å². The predicted molar refractivity (Wildman–Crippen MR) is 102 cm³/mol. The molecule has 0 aliphatic carbocycles. The molecular weight excluding hydrogens is 405 g/mol. The highest BCUT2D eigenvalue weighted by molar-refractivity contribution is 7.11. The number of hydrogen-bond donors (Lipinski definition) is 2. The molecule has 3 heterocycles. The number of aromatic amines is 1. The van der Waals surface area contributed by atoms with E-state index in [9.17, 15) is 22.8 Å². The maximum absolute atomic E-state index is 13.5. The number of H-pyrrole nitrogens is 1. The van der Waals surface area contributed by atoms with Gasteiger partial charge in [-0.1, -0.05) is 11.6 Å². The van der Waals surface area contributed by atoms with Gasteiger partial charge in [-0.3, -0.25) is 14.6 Å². The van der Waals surface area contributed by atoms with Crippen LogP contribution in [0.1, 0.15) is 25.7 Å². The lowest BCUT2D eigenvalue weighted by Crippen LogP contribution is -2.45. The van der Waals surface area contributed by atoms with Gasteiger partial charge in [0, 0.05) is 24.0 Å². The number of aryl methyl sites for hydroxylation is 1. The molecule has 29 heavy (non-hydrogen) atoms. The number of carbonyl (C=O) groups is 2. The Kier molecular flexibility index (Phi) is 4.81. The molecule has 10 heteroatoms. The van der Waals surface area contributed by atoms with E-state index in [1.54, 1.807) is 6.07 Å². The van der Waals surface area contributed by atoms with Gasteiger partial charge < -0.3 is 15.2 Å². The van der Waals surface area contributed by atoms with Crippen molar-refractivity contribution in [1.82, 2.24) is 20.2 Å². The summed E-state index contributed by atoms with van der Waals surface area (Å²) in [5.41, 5.74) is 3.40. The number of nitrogens with zero attached hydrogens (tertiary/aromatic N) is 2. The molecule has 1 aromatic carbocycles. The third-order valence-electron chi connectivity index (χ3n) is 5.01. The molecule has 0 bridgehead atoms. The molecule has 0 spiro atoms. The molecule has 3 aromatic rings. The smallest absolute Gasteiger partial charge is 0.351 e. The number of halogens is 3. The normalized spacial score (nSPS) is 19.7. The Hall–Kier alpha value is -2.88. The Morgan fingerprint density at radius 1 is 1.28 bits per heavy atom. The first kappa shape index (κ1) is 19.4. The Labute approximate surface area is 167 Å². The molecule has 2 aromatic heterocycles. The van der Waals surface area contributed by atoms with Gasteiger partial charge in [0.05, 0.1) is 23.7 Å². The van der Waals surface area contributed by atoms with Crippen LogP contribution in [-0.2, 0) is 0 Å². The van der Waals surface area contributed by atoms with Crippen molar-refractivity contribution in [2.45, 2.75) is 19.1 Å². The molecule has 1 fully saturated rings. The van der Waals surface area contributed by atoms with Crippen molar-refractivity contribution in [3.8, 4) is 0 Å². The lowest BCUT2D eigenvalue weighted by molar-refractivity contribution is -0.174.